The van der Waals surface area contributed by atoms with E-state index in [0.29, 0.717) is 5.71 Å². The van der Waals surface area contributed by atoms with Gasteiger partial charge in [-0.3, -0.25) is 4.79 Å². The molecule has 0 spiro atoms. The molecule has 4 nitrogen and oxygen atoms in total. The van der Waals surface area contributed by atoms with E-state index in [1.54, 1.807) is 29.5 Å². The smallest absolute Gasteiger partial charge is 0.279 e. The maximum absolute atomic E-state index is 12.1. The van der Waals surface area contributed by atoms with E-state index in [4.69, 9.17) is 0 Å². The predicted octanol–water partition coefficient (Wildman–Crippen LogP) is 2.86. The van der Waals surface area contributed by atoms with Gasteiger partial charge in [0.25, 0.3) is 5.91 Å². The molecule has 5 heteroatoms. The molecule has 1 aliphatic heterocycles. The maximum Gasteiger partial charge on any atom is 0.279 e. The molecule has 1 aromatic heterocycles. The Morgan fingerprint density at radius 3 is 2.80 bits per heavy atom. The van der Waals surface area contributed by atoms with Crippen LogP contribution in [0.15, 0.2) is 45.9 Å². The van der Waals surface area contributed by atoms with E-state index >= 15 is 0 Å². The summed E-state index contributed by atoms with van der Waals surface area (Å²) in [6.45, 7) is 2.02. The number of thiophene rings is 1. The first kappa shape index (κ1) is 12.7. The molecule has 0 N–H and O–H groups in total. The number of fused-ring (bicyclic) bond motifs is 1. The zero-order valence-corrected chi connectivity index (χ0v) is 12.0. The van der Waals surface area contributed by atoms with E-state index in [0.717, 1.165) is 21.7 Å². The second-order valence-corrected chi connectivity index (χ2v) is 5.49. The fraction of sp³-hybridized carbons (Fsp3) is 0.133. The van der Waals surface area contributed by atoms with E-state index in [-0.39, 0.29) is 5.91 Å². The Balaban J connectivity index is 1.95. The number of benzene rings is 1. The van der Waals surface area contributed by atoms with Crippen molar-refractivity contribution < 1.29 is 4.79 Å². The molecule has 1 aromatic carbocycles. The van der Waals surface area contributed by atoms with Crippen LogP contribution in [0.5, 0.6) is 0 Å². The van der Waals surface area contributed by atoms with Gasteiger partial charge < -0.3 is 4.90 Å². The topological polar surface area (TPSA) is 45.0 Å². The molecule has 1 aliphatic rings. The Kier molecular flexibility index (Phi) is 3.20. The van der Waals surface area contributed by atoms with Crippen LogP contribution in [0.25, 0.3) is 0 Å². The number of amides is 1. The minimum absolute atomic E-state index is 0.119. The molecule has 100 valence electrons. The Bertz CT molecular complexity index is 730. The first-order valence-electron chi connectivity index (χ1n) is 6.21. The van der Waals surface area contributed by atoms with E-state index in [1.807, 2.05) is 42.6 Å². The maximum atomic E-state index is 12.1. The van der Waals surface area contributed by atoms with Crippen molar-refractivity contribution in [3.05, 3.63) is 51.7 Å². The van der Waals surface area contributed by atoms with Crippen LogP contribution < -0.4 is 4.90 Å². The molecule has 2 aromatic rings. The quantitative estimate of drug-likeness (QED) is 0.617. The summed E-state index contributed by atoms with van der Waals surface area (Å²) in [6, 6.07) is 9.63. The number of para-hydroxylation sites is 1. The molecule has 2 heterocycles. The van der Waals surface area contributed by atoms with Crippen LogP contribution in [0, 0.1) is 6.92 Å². The number of hydrogen-bond acceptors (Lipinski definition) is 4. The zero-order valence-electron chi connectivity index (χ0n) is 11.2. The minimum atomic E-state index is -0.119. The van der Waals surface area contributed by atoms with Crippen molar-refractivity contribution >= 4 is 34.9 Å². The number of nitrogens with zero attached hydrogens (tertiary/aromatic N) is 3. The predicted molar refractivity (Wildman–Crippen MR) is 83.0 cm³/mol. The van der Waals surface area contributed by atoms with Gasteiger partial charge in [-0.1, -0.05) is 18.2 Å². The summed E-state index contributed by atoms with van der Waals surface area (Å²) < 4.78 is 0. The zero-order chi connectivity index (χ0) is 14.1. The van der Waals surface area contributed by atoms with Crippen LogP contribution in [-0.4, -0.2) is 24.9 Å². The third kappa shape index (κ3) is 2.06. The highest BCUT2D eigenvalue weighted by atomic mass is 32.1. The van der Waals surface area contributed by atoms with Crippen molar-refractivity contribution in [3.8, 4) is 0 Å². The van der Waals surface area contributed by atoms with Crippen molar-refractivity contribution in [2.45, 2.75) is 6.92 Å². The van der Waals surface area contributed by atoms with E-state index in [1.165, 1.54) is 0 Å². The average Bonchev–Trinajstić information content (AvgIpc) is 2.97. The van der Waals surface area contributed by atoms with Crippen molar-refractivity contribution in [2.24, 2.45) is 10.2 Å². The summed E-state index contributed by atoms with van der Waals surface area (Å²) >= 11 is 1.61. The Morgan fingerprint density at radius 2 is 2.05 bits per heavy atom. The summed E-state index contributed by atoms with van der Waals surface area (Å²) in [5, 5.41) is 10.2. The van der Waals surface area contributed by atoms with Crippen LogP contribution in [-0.2, 0) is 4.79 Å². The van der Waals surface area contributed by atoms with Gasteiger partial charge >= 0.3 is 0 Å². The van der Waals surface area contributed by atoms with Crippen LogP contribution in [0.4, 0.5) is 5.69 Å². The van der Waals surface area contributed by atoms with Gasteiger partial charge in [0.15, 0.2) is 5.71 Å². The molecule has 20 heavy (non-hydrogen) atoms. The van der Waals surface area contributed by atoms with E-state index in [2.05, 4.69) is 10.2 Å². The number of likely N-dealkylation sites (N-methyl/N-ethyl adjacent to an activating group) is 1. The van der Waals surface area contributed by atoms with Crippen molar-refractivity contribution in [1.82, 2.24) is 0 Å². The molecule has 0 bridgehead atoms. The third-order valence-electron chi connectivity index (χ3n) is 3.26. The van der Waals surface area contributed by atoms with Crippen molar-refractivity contribution in [1.29, 1.82) is 0 Å². The highest BCUT2D eigenvalue weighted by Gasteiger charge is 2.30. The van der Waals surface area contributed by atoms with Crippen LogP contribution in [0.1, 0.15) is 16.0 Å². The molecule has 0 radical (unpaired) electrons. The molecular formula is C15H13N3OS. The van der Waals surface area contributed by atoms with Gasteiger partial charge in [0.2, 0.25) is 0 Å². The van der Waals surface area contributed by atoms with Gasteiger partial charge in [0.1, 0.15) is 0 Å². The first-order valence-corrected chi connectivity index (χ1v) is 7.09. The first-order chi connectivity index (χ1) is 9.68. The van der Waals surface area contributed by atoms with Gasteiger partial charge in [-0.05, 0) is 30.0 Å². The highest BCUT2D eigenvalue weighted by Crippen LogP contribution is 2.27. The minimum Gasteiger partial charge on any atom is -0.309 e. The largest absolute Gasteiger partial charge is 0.309 e. The summed E-state index contributed by atoms with van der Waals surface area (Å²) in [5.41, 5.74) is 3.27. The molecule has 0 unspecified atom stereocenters. The summed E-state index contributed by atoms with van der Waals surface area (Å²) in [5.74, 6) is -0.119. The lowest BCUT2D eigenvalue weighted by Crippen LogP contribution is -2.25. The Labute approximate surface area is 121 Å². The van der Waals surface area contributed by atoms with E-state index < -0.39 is 0 Å². The summed E-state index contributed by atoms with van der Waals surface area (Å²) in [7, 11) is 1.75. The van der Waals surface area contributed by atoms with Gasteiger partial charge in [0, 0.05) is 12.6 Å². The number of carbonyl (C=O) groups is 1. The van der Waals surface area contributed by atoms with Crippen LogP contribution in [0.2, 0.25) is 0 Å². The summed E-state index contributed by atoms with van der Waals surface area (Å²) in [4.78, 5) is 14.8. The molecular weight excluding hydrogens is 270 g/mol. The van der Waals surface area contributed by atoms with E-state index in [9.17, 15) is 4.79 Å². The molecule has 0 atom stereocenters. The van der Waals surface area contributed by atoms with Gasteiger partial charge in [-0.15, -0.1) is 16.4 Å². The normalized spacial score (nSPS) is 16.4. The molecule has 1 amide bonds. The molecule has 0 saturated carbocycles. The molecule has 0 aliphatic carbocycles. The lowest BCUT2D eigenvalue weighted by atomic mass is 10.1. The monoisotopic (exact) mass is 283 g/mol. The average molecular weight is 283 g/mol. The lowest BCUT2D eigenvalue weighted by molar-refractivity contribution is -0.111. The highest BCUT2D eigenvalue weighted by molar-refractivity contribution is 7.11. The Morgan fingerprint density at radius 1 is 1.25 bits per heavy atom. The second-order valence-electron chi connectivity index (χ2n) is 4.54. The lowest BCUT2D eigenvalue weighted by Gasteiger charge is -2.07. The Hall–Kier alpha value is -2.27. The number of aryl methyl sites for hydroxylation is 1. The number of rotatable bonds is 2. The fourth-order valence-electron chi connectivity index (χ4n) is 2.10. The number of carbonyl (C=O) groups excluding carboxylic acids is 1. The molecule has 0 fully saturated rings. The third-order valence-corrected chi connectivity index (χ3v) is 4.22. The molecule has 0 saturated heterocycles. The SMILES string of the molecule is Cc1ccsc1/C=N\N=C1\C(=O)N(C)c2ccccc21. The van der Waals surface area contributed by atoms with Gasteiger partial charge in [-0.2, -0.15) is 5.10 Å². The standard InChI is InChI=1S/C15H13N3OS/c1-10-7-8-20-13(10)9-16-17-14-11-5-3-4-6-12(11)18(2)15(14)19/h3-9H,1-2H3/b16-9-,17-14+. The number of hydrogen-bond donors (Lipinski definition) is 0. The molecule has 3 rings (SSSR count). The van der Waals surface area contributed by atoms with Crippen LogP contribution >= 0.6 is 11.3 Å². The van der Waals surface area contributed by atoms with Crippen LogP contribution in [0.3, 0.4) is 0 Å². The van der Waals surface area contributed by atoms with Gasteiger partial charge in [-0.25, -0.2) is 0 Å². The van der Waals surface area contributed by atoms with Gasteiger partial charge in [0.05, 0.1) is 16.8 Å². The second kappa shape index (κ2) is 5.02. The van der Waals surface area contributed by atoms with Crippen molar-refractivity contribution in [2.75, 3.05) is 11.9 Å². The fourth-order valence-corrected chi connectivity index (χ4v) is 2.88. The summed E-state index contributed by atoms with van der Waals surface area (Å²) in [6.07, 6.45) is 1.70. The van der Waals surface area contributed by atoms with Crippen molar-refractivity contribution in [3.63, 3.8) is 0 Å². The number of anilines is 1.